The number of benzene rings is 1. The standard InChI is InChI=1S/C16H22N2O3S/c1-13-7-3-4-8-15(13)16-11-18(14(2)12-21-16)22(19,20)10-6-5-9-17/h3-4,7-8,14,16H,5-6,10-12H2,1-2H3/t14-,16+/m1/s1. The smallest absolute Gasteiger partial charge is 0.214 e. The predicted molar refractivity (Wildman–Crippen MR) is 84.7 cm³/mol. The van der Waals surface area contributed by atoms with E-state index in [4.69, 9.17) is 10.00 Å². The Morgan fingerprint density at radius 1 is 1.41 bits per heavy atom. The minimum absolute atomic E-state index is 0.0192. The van der Waals surface area contributed by atoms with Crippen molar-refractivity contribution >= 4 is 10.0 Å². The van der Waals surface area contributed by atoms with Crippen molar-refractivity contribution in [2.45, 2.75) is 38.8 Å². The number of nitriles is 1. The van der Waals surface area contributed by atoms with Crippen LogP contribution >= 0.6 is 0 Å². The first-order chi connectivity index (χ1) is 10.5. The first-order valence-electron chi connectivity index (χ1n) is 7.49. The van der Waals surface area contributed by atoms with Crippen LogP contribution in [0.2, 0.25) is 0 Å². The van der Waals surface area contributed by atoms with Crippen molar-refractivity contribution in [3.05, 3.63) is 35.4 Å². The van der Waals surface area contributed by atoms with Crippen molar-refractivity contribution in [3.63, 3.8) is 0 Å². The van der Waals surface area contributed by atoms with Crippen LogP contribution in [0.3, 0.4) is 0 Å². The minimum Gasteiger partial charge on any atom is -0.370 e. The zero-order chi connectivity index (χ0) is 16.2. The highest BCUT2D eigenvalue weighted by Gasteiger charge is 2.35. The van der Waals surface area contributed by atoms with Crippen LogP contribution in [-0.4, -0.2) is 37.7 Å². The van der Waals surface area contributed by atoms with E-state index in [0.29, 0.717) is 19.6 Å². The van der Waals surface area contributed by atoms with E-state index in [9.17, 15) is 8.42 Å². The molecule has 0 unspecified atom stereocenters. The summed E-state index contributed by atoms with van der Waals surface area (Å²) in [4.78, 5) is 0. The Bertz CT molecular complexity index is 652. The molecule has 1 aliphatic rings. The fourth-order valence-corrected chi connectivity index (χ4v) is 4.42. The molecule has 5 nitrogen and oxygen atoms in total. The lowest BCUT2D eigenvalue weighted by Crippen LogP contribution is -2.49. The molecule has 0 bridgehead atoms. The van der Waals surface area contributed by atoms with Crippen LogP contribution in [0.15, 0.2) is 24.3 Å². The number of hydrogen-bond acceptors (Lipinski definition) is 4. The average molecular weight is 322 g/mol. The lowest BCUT2D eigenvalue weighted by atomic mass is 10.0. The van der Waals surface area contributed by atoms with Gasteiger partial charge in [0.25, 0.3) is 0 Å². The minimum atomic E-state index is -3.36. The molecule has 0 aromatic heterocycles. The van der Waals surface area contributed by atoms with Gasteiger partial charge in [0.1, 0.15) is 0 Å². The number of hydrogen-bond donors (Lipinski definition) is 0. The van der Waals surface area contributed by atoms with E-state index in [0.717, 1.165) is 11.1 Å². The quantitative estimate of drug-likeness (QED) is 0.780. The number of ether oxygens (including phenoxy) is 1. The van der Waals surface area contributed by atoms with Crippen molar-refractivity contribution in [2.75, 3.05) is 18.9 Å². The third kappa shape index (κ3) is 3.86. The SMILES string of the molecule is Cc1ccccc1[C@@H]1CN(S(=O)(=O)CCCC#N)[C@H](C)CO1. The second-order valence-electron chi connectivity index (χ2n) is 5.67. The lowest BCUT2D eigenvalue weighted by molar-refractivity contribution is -0.0291. The molecule has 0 spiro atoms. The van der Waals surface area contributed by atoms with Crippen LogP contribution in [-0.2, 0) is 14.8 Å². The number of rotatable bonds is 5. The van der Waals surface area contributed by atoms with E-state index in [1.807, 2.05) is 44.2 Å². The van der Waals surface area contributed by atoms with Gasteiger partial charge >= 0.3 is 0 Å². The Kier molecular flexibility index (Phi) is 5.57. The molecule has 1 aliphatic heterocycles. The van der Waals surface area contributed by atoms with Gasteiger partial charge in [-0.2, -0.15) is 9.57 Å². The maximum atomic E-state index is 12.5. The van der Waals surface area contributed by atoms with Crippen molar-refractivity contribution in [1.82, 2.24) is 4.31 Å². The average Bonchev–Trinajstić information content (AvgIpc) is 2.48. The van der Waals surface area contributed by atoms with Gasteiger partial charge in [-0.25, -0.2) is 8.42 Å². The zero-order valence-corrected chi connectivity index (χ0v) is 13.8. The van der Waals surface area contributed by atoms with Crippen LogP contribution in [0.25, 0.3) is 0 Å². The number of unbranched alkanes of at least 4 members (excludes halogenated alkanes) is 1. The molecule has 1 heterocycles. The van der Waals surface area contributed by atoms with Crippen molar-refractivity contribution < 1.29 is 13.2 Å². The molecule has 22 heavy (non-hydrogen) atoms. The molecule has 1 aromatic carbocycles. The second kappa shape index (κ2) is 7.23. The molecule has 1 aromatic rings. The van der Waals surface area contributed by atoms with E-state index in [1.165, 1.54) is 4.31 Å². The first-order valence-corrected chi connectivity index (χ1v) is 9.10. The van der Waals surface area contributed by atoms with Gasteiger partial charge in [-0.05, 0) is 31.4 Å². The zero-order valence-electron chi connectivity index (χ0n) is 13.0. The summed E-state index contributed by atoms with van der Waals surface area (Å²) in [6.45, 7) is 4.58. The Hall–Kier alpha value is -1.42. The van der Waals surface area contributed by atoms with Crippen LogP contribution in [0.4, 0.5) is 0 Å². The van der Waals surface area contributed by atoms with Gasteiger partial charge in [-0.3, -0.25) is 0 Å². The fraction of sp³-hybridized carbons (Fsp3) is 0.562. The maximum Gasteiger partial charge on any atom is 0.214 e. The Labute approximate surface area is 132 Å². The van der Waals surface area contributed by atoms with Gasteiger partial charge in [0.15, 0.2) is 0 Å². The van der Waals surface area contributed by atoms with Gasteiger partial charge in [0.05, 0.1) is 24.5 Å². The molecular formula is C16H22N2O3S. The van der Waals surface area contributed by atoms with Crippen molar-refractivity contribution in [3.8, 4) is 6.07 Å². The highest BCUT2D eigenvalue weighted by Crippen LogP contribution is 2.29. The second-order valence-corrected chi connectivity index (χ2v) is 7.72. The maximum absolute atomic E-state index is 12.5. The molecular weight excluding hydrogens is 300 g/mol. The molecule has 1 fully saturated rings. The monoisotopic (exact) mass is 322 g/mol. The summed E-state index contributed by atoms with van der Waals surface area (Å²) in [6.07, 6.45) is 0.403. The summed E-state index contributed by atoms with van der Waals surface area (Å²) >= 11 is 0. The Morgan fingerprint density at radius 2 is 2.14 bits per heavy atom. The number of morpholine rings is 1. The molecule has 0 saturated carbocycles. The number of nitrogens with zero attached hydrogens (tertiary/aromatic N) is 2. The number of sulfonamides is 1. The van der Waals surface area contributed by atoms with Crippen LogP contribution in [0.1, 0.15) is 37.0 Å². The van der Waals surface area contributed by atoms with Crippen molar-refractivity contribution in [1.29, 1.82) is 5.26 Å². The van der Waals surface area contributed by atoms with Gasteiger partial charge in [0, 0.05) is 19.0 Å². The molecule has 2 rings (SSSR count). The lowest BCUT2D eigenvalue weighted by Gasteiger charge is -2.37. The summed E-state index contributed by atoms with van der Waals surface area (Å²) in [5.74, 6) is 0.0192. The van der Waals surface area contributed by atoms with Crippen LogP contribution < -0.4 is 0 Å². The van der Waals surface area contributed by atoms with E-state index < -0.39 is 10.0 Å². The molecule has 0 amide bonds. The van der Waals surface area contributed by atoms with E-state index in [1.54, 1.807) is 0 Å². The fourth-order valence-electron chi connectivity index (χ4n) is 2.71. The largest absolute Gasteiger partial charge is 0.370 e. The summed E-state index contributed by atoms with van der Waals surface area (Å²) < 4.78 is 32.4. The van der Waals surface area contributed by atoms with Gasteiger partial charge in [-0.15, -0.1) is 0 Å². The molecule has 1 saturated heterocycles. The highest BCUT2D eigenvalue weighted by molar-refractivity contribution is 7.89. The molecule has 120 valence electrons. The summed E-state index contributed by atoms with van der Waals surface area (Å²) in [5, 5.41) is 8.57. The van der Waals surface area contributed by atoms with Gasteiger partial charge < -0.3 is 4.74 Å². The third-order valence-corrected chi connectivity index (χ3v) is 5.99. The molecule has 2 atom stereocenters. The topological polar surface area (TPSA) is 70.4 Å². The normalized spacial score (nSPS) is 23.1. The first kappa shape index (κ1) is 16.9. The van der Waals surface area contributed by atoms with Crippen LogP contribution in [0, 0.1) is 18.3 Å². The van der Waals surface area contributed by atoms with Gasteiger partial charge in [-0.1, -0.05) is 24.3 Å². The summed E-state index contributed by atoms with van der Waals surface area (Å²) in [5.41, 5.74) is 2.13. The Morgan fingerprint density at radius 3 is 2.82 bits per heavy atom. The summed E-state index contributed by atoms with van der Waals surface area (Å²) in [6, 6.07) is 9.70. The Balaban J connectivity index is 2.15. The van der Waals surface area contributed by atoms with E-state index in [-0.39, 0.29) is 24.3 Å². The molecule has 0 N–H and O–H groups in total. The van der Waals surface area contributed by atoms with Crippen molar-refractivity contribution in [2.24, 2.45) is 0 Å². The molecule has 0 aliphatic carbocycles. The summed E-state index contributed by atoms with van der Waals surface area (Å²) in [7, 11) is -3.36. The molecule has 0 radical (unpaired) electrons. The number of aryl methyl sites for hydroxylation is 1. The molecule has 6 heteroatoms. The predicted octanol–water partition coefficient (Wildman–Crippen LogP) is 2.39. The third-order valence-electron chi connectivity index (χ3n) is 3.96. The van der Waals surface area contributed by atoms with E-state index in [2.05, 4.69) is 0 Å². The highest BCUT2D eigenvalue weighted by atomic mass is 32.2. The van der Waals surface area contributed by atoms with E-state index >= 15 is 0 Å². The van der Waals surface area contributed by atoms with Crippen LogP contribution in [0.5, 0.6) is 0 Å². The van der Waals surface area contributed by atoms with Gasteiger partial charge in [0.2, 0.25) is 10.0 Å².